The number of benzene rings is 1. The molecule has 0 radical (unpaired) electrons. The predicted octanol–water partition coefficient (Wildman–Crippen LogP) is 4.13. The molecule has 0 aromatic heterocycles. The Morgan fingerprint density at radius 1 is 1.24 bits per heavy atom. The van der Waals surface area contributed by atoms with Gasteiger partial charge in [-0.25, -0.2) is 0 Å². The van der Waals surface area contributed by atoms with Gasteiger partial charge in [-0.05, 0) is 73.6 Å². The molecule has 0 saturated heterocycles. The Labute approximate surface area is 161 Å². The van der Waals surface area contributed by atoms with E-state index in [9.17, 15) is 5.11 Å². The van der Waals surface area contributed by atoms with Crippen LogP contribution in [0.1, 0.15) is 47.0 Å². The molecular formula is C19H28N2O2S2. The van der Waals surface area contributed by atoms with Gasteiger partial charge in [-0.2, -0.15) is 0 Å². The molecule has 0 bridgehead atoms. The Balaban J connectivity index is 2.24. The zero-order valence-corrected chi connectivity index (χ0v) is 17.0. The minimum atomic E-state index is -0.813. The van der Waals surface area contributed by atoms with Crippen LogP contribution in [-0.4, -0.2) is 26.9 Å². The smallest absolute Gasteiger partial charge is 0.254 e. The lowest BCUT2D eigenvalue weighted by molar-refractivity contribution is 0.0372. The van der Waals surface area contributed by atoms with E-state index in [-0.39, 0.29) is 22.0 Å². The molecule has 1 aromatic rings. The van der Waals surface area contributed by atoms with Crippen molar-refractivity contribution in [3.63, 3.8) is 0 Å². The number of thiocarbonyl (C=S) groups is 2. The SMILES string of the molecule is CC1(C)CC(NC(O)=S)CC(C)(C(C)(N)C(=S)Oc2ccccc2)C1. The second-order valence-corrected chi connectivity index (χ2v) is 9.12. The normalized spacial score (nSPS) is 27.8. The van der Waals surface area contributed by atoms with E-state index >= 15 is 0 Å². The summed E-state index contributed by atoms with van der Waals surface area (Å²) in [5, 5.41) is 12.7. The number of hydrogen-bond acceptors (Lipinski definition) is 4. The minimum Gasteiger partial charge on any atom is -0.487 e. The average Bonchev–Trinajstić information content (AvgIpc) is 2.45. The van der Waals surface area contributed by atoms with E-state index in [2.05, 4.69) is 26.1 Å². The molecule has 25 heavy (non-hydrogen) atoms. The quantitative estimate of drug-likeness (QED) is 0.683. The van der Waals surface area contributed by atoms with Crippen molar-refractivity contribution in [3.05, 3.63) is 30.3 Å². The summed E-state index contributed by atoms with van der Waals surface area (Å²) in [6.45, 7) is 8.49. The van der Waals surface area contributed by atoms with Crippen molar-refractivity contribution in [1.82, 2.24) is 5.32 Å². The molecule has 3 unspecified atom stereocenters. The zero-order valence-electron chi connectivity index (χ0n) is 15.3. The predicted molar refractivity (Wildman–Crippen MR) is 110 cm³/mol. The lowest BCUT2D eigenvalue weighted by atomic mass is 9.56. The van der Waals surface area contributed by atoms with Crippen molar-refractivity contribution in [2.45, 2.75) is 58.5 Å². The first kappa shape index (κ1) is 20.1. The highest BCUT2D eigenvalue weighted by Gasteiger charge is 2.52. The summed E-state index contributed by atoms with van der Waals surface area (Å²) in [5.74, 6) is 0.689. The summed E-state index contributed by atoms with van der Waals surface area (Å²) >= 11 is 10.4. The third-order valence-electron chi connectivity index (χ3n) is 5.32. The van der Waals surface area contributed by atoms with E-state index in [1.165, 1.54) is 0 Å². The summed E-state index contributed by atoms with van der Waals surface area (Å²) in [4.78, 5) is 0. The second-order valence-electron chi connectivity index (χ2n) is 8.36. The van der Waals surface area contributed by atoms with Crippen LogP contribution in [0, 0.1) is 10.8 Å². The molecule has 1 aliphatic rings. The van der Waals surface area contributed by atoms with Crippen LogP contribution in [0.5, 0.6) is 5.75 Å². The van der Waals surface area contributed by atoms with Crippen LogP contribution in [-0.2, 0) is 0 Å². The highest BCUT2D eigenvalue weighted by atomic mass is 32.1. The molecular weight excluding hydrogens is 352 g/mol. The van der Waals surface area contributed by atoms with Crippen molar-refractivity contribution in [3.8, 4) is 5.75 Å². The van der Waals surface area contributed by atoms with Gasteiger partial charge >= 0.3 is 0 Å². The molecule has 0 amide bonds. The molecule has 3 atom stereocenters. The van der Waals surface area contributed by atoms with Crippen LogP contribution in [0.15, 0.2) is 30.3 Å². The third-order valence-corrected chi connectivity index (χ3v) is 5.95. The number of hydrogen-bond donors (Lipinski definition) is 3. The first-order valence-electron chi connectivity index (χ1n) is 8.51. The highest BCUT2D eigenvalue weighted by molar-refractivity contribution is 7.80. The molecule has 4 N–H and O–H groups in total. The van der Waals surface area contributed by atoms with Crippen LogP contribution in [0.4, 0.5) is 0 Å². The Hall–Kier alpha value is -1.24. The molecule has 0 heterocycles. The number of para-hydroxylation sites is 1. The third kappa shape index (κ3) is 4.68. The fourth-order valence-corrected chi connectivity index (χ4v) is 4.61. The Bertz CT molecular complexity index is 646. The van der Waals surface area contributed by atoms with E-state index in [0.29, 0.717) is 10.8 Å². The van der Waals surface area contributed by atoms with Gasteiger partial charge in [0.2, 0.25) is 0 Å². The molecule has 1 saturated carbocycles. The van der Waals surface area contributed by atoms with Crippen molar-refractivity contribution >= 4 is 34.7 Å². The van der Waals surface area contributed by atoms with Gasteiger partial charge in [0, 0.05) is 6.04 Å². The number of rotatable bonds is 4. The van der Waals surface area contributed by atoms with E-state index in [4.69, 9.17) is 34.9 Å². The van der Waals surface area contributed by atoms with Crippen LogP contribution in [0.2, 0.25) is 0 Å². The fraction of sp³-hybridized carbons (Fsp3) is 0.579. The van der Waals surface area contributed by atoms with Gasteiger partial charge in [0.25, 0.3) is 5.17 Å². The number of aliphatic hydroxyl groups is 1. The number of nitrogens with one attached hydrogen (secondary N) is 1. The molecule has 4 nitrogen and oxygen atoms in total. The van der Waals surface area contributed by atoms with Crippen molar-refractivity contribution in [1.29, 1.82) is 0 Å². The molecule has 0 aliphatic heterocycles. The molecule has 6 heteroatoms. The molecule has 1 aliphatic carbocycles. The van der Waals surface area contributed by atoms with E-state index < -0.39 is 5.54 Å². The monoisotopic (exact) mass is 380 g/mol. The topological polar surface area (TPSA) is 67.5 Å². The summed E-state index contributed by atoms with van der Waals surface area (Å²) in [7, 11) is 0. The first-order valence-corrected chi connectivity index (χ1v) is 9.33. The highest BCUT2D eigenvalue weighted by Crippen LogP contribution is 2.51. The van der Waals surface area contributed by atoms with Gasteiger partial charge in [0.15, 0.2) is 5.05 Å². The second kappa shape index (κ2) is 7.17. The van der Waals surface area contributed by atoms with Gasteiger partial charge in [-0.3, -0.25) is 0 Å². The maximum Gasteiger partial charge on any atom is 0.254 e. The minimum absolute atomic E-state index is 0.0401. The van der Waals surface area contributed by atoms with Crippen LogP contribution in [0.3, 0.4) is 0 Å². The van der Waals surface area contributed by atoms with Gasteiger partial charge in [0.05, 0.1) is 5.54 Å². The summed E-state index contributed by atoms with van der Waals surface area (Å²) in [6.07, 6.45) is 2.57. The van der Waals surface area contributed by atoms with Gasteiger partial charge < -0.3 is 20.9 Å². The lowest BCUT2D eigenvalue weighted by Gasteiger charge is -2.53. The summed E-state index contributed by atoms with van der Waals surface area (Å²) in [6, 6.07) is 9.51. The van der Waals surface area contributed by atoms with Crippen LogP contribution in [0.25, 0.3) is 0 Å². The van der Waals surface area contributed by atoms with E-state index in [1.54, 1.807) is 0 Å². The van der Waals surface area contributed by atoms with Crippen molar-refractivity contribution in [2.24, 2.45) is 16.6 Å². The van der Waals surface area contributed by atoms with E-state index in [1.807, 2.05) is 37.3 Å². The standard InChI is InChI=1S/C19H28N2O2S2/c1-17(2)10-13(21-16(22)25)11-18(3,12-17)19(4,20)15(24)23-14-8-6-5-7-9-14/h5-9,13H,10-12,20H2,1-4H3,(H2,21,22,25). The summed E-state index contributed by atoms with van der Waals surface area (Å²) < 4.78 is 5.89. The van der Waals surface area contributed by atoms with Crippen molar-refractivity contribution < 1.29 is 9.84 Å². The molecule has 1 fully saturated rings. The molecule has 1 aromatic carbocycles. The first-order chi connectivity index (χ1) is 11.5. The lowest BCUT2D eigenvalue weighted by Crippen LogP contribution is -2.63. The number of aliphatic hydroxyl groups excluding tert-OH is 1. The van der Waals surface area contributed by atoms with Gasteiger partial charge in [0.1, 0.15) is 5.75 Å². The van der Waals surface area contributed by atoms with Crippen molar-refractivity contribution in [2.75, 3.05) is 0 Å². The Morgan fingerprint density at radius 3 is 2.40 bits per heavy atom. The van der Waals surface area contributed by atoms with E-state index in [0.717, 1.165) is 19.3 Å². The fourth-order valence-electron chi connectivity index (χ4n) is 4.10. The number of ether oxygens (including phenoxy) is 1. The van der Waals surface area contributed by atoms with Gasteiger partial charge in [-0.1, -0.05) is 39.0 Å². The van der Waals surface area contributed by atoms with Gasteiger partial charge in [-0.15, -0.1) is 0 Å². The Morgan fingerprint density at radius 2 is 1.84 bits per heavy atom. The largest absolute Gasteiger partial charge is 0.487 e. The van der Waals surface area contributed by atoms with Crippen LogP contribution < -0.4 is 15.8 Å². The maximum atomic E-state index is 9.49. The molecule has 0 spiro atoms. The summed E-state index contributed by atoms with van der Waals surface area (Å²) in [5.41, 5.74) is 5.67. The van der Waals surface area contributed by atoms with Crippen LogP contribution >= 0.6 is 24.4 Å². The maximum absolute atomic E-state index is 9.49. The zero-order chi connectivity index (χ0) is 18.9. The molecule has 138 valence electrons. The number of nitrogens with two attached hydrogens (primary N) is 1. The Kier molecular flexibility index (Phi) is 5.76. The average molecular weight is 381 g/mol. The molecule has 2 rings (SSSR count).